The molecule has 1 N–H and O–H groups in total. The van der Waals surface area contributed by atoms with E-state index >= 15 is 0 Å². The van der Waals surface area contributed by atoms with E-state index in [0.29, 0.717) is 13.0 Å². The zero-order valence-electron chi connectivity index (χ0n) is 12.9. The van der Waals surface area contributed by atoms with Gasteiger partial charge in [0.2, 0.25) is 0 Å². The van der Waals surface area contributed by atoms with E-state index in [2.05, 4.69) is 0 Å². The molecule has 116 valence electrons. The van der Waals surface area contributed by atoms with Gasteiger partial charge in [0.1, 0.15) is 5.60 Å². The van der Waals surface area contributed by atoms with Crippen LogP contribution in [-0.4, -0.2) is 52.5 Å². The van der Waals surface area contributed by atoms with Crippen LogP contribution in [0.1, 0.15) is 47.5 Å². The Morgan fingerprint density at radius 1 is 1.30 bits per heavy atom. The molecule has 0 spiro atoms. The fourth-order valence-electron chi connectivity index (χ4n) is 2.01. The van der Waals surface area contributed by atoms with Crippen LogP contribution in [-0.2, 0) is 14.3 Å². The van der Waals surface area contributed by atoms with Crippen LogP contribution >= 0.6 is 0 Å². The SMILES string of the molecule is CC(C)OC(=O)C1(O)CCCN(C(=O)OC(C)(C)C)C1. The summed E-state index contributed by atoms with van der Waals surface area (Å²) < 4.78 is 10.3. The Morgan fingerprint density at radius 2 is 1.90 bits per heavy atom. The Balaban J connectivity index is 2.70. The van der Waals surface area contributed by atoms with E-state index in [4.69, 9.17) is 9.47 Å². The maximum atomic E-state index is 12.0. The second kappa shape index (κ2) is 5.99. The number of ether oxygens (including phenoxy) is 2. The number of β-amino-alcohol motifs (C(OH)–C–C–N with tert-alkyl or cyclic N) is 1. The van der Waals surface area contributed by atoms with Gasteiger partial charge in [-0.3, -0.25) is 0 Å². The number of hydrogen-bond donors (Lipinski definition) is 1. The quantitative estimate of drug-likeness (QED) is 0.782. The normalized spacial score (nSPS) is 23.6. The molecule has 1 aliphatic rings. The van der Waals surface area contributed by atoms with Crippen molar-refractivity contribution in [3.63, 3.8) is 0 Å². The molecular weight excluding hydrogens is 262 g/mol. The second-order valence-electron chi connectivity index (χ2n) is 6.49. The van der Waals surface area contributed by atoms with Crippen molar-refractivity contribution in [3.8, 4) is 0 Å². The number of hydrogen-bond acceptors (Lipinski definition) is 5. The summed E-state index contributed by atoms with van der Waals surface area (Å²) in [5.41, 5.74) is -2.25. The van der Waals surface area contributed by atoms with Gasteiger partial charge >= 0.3 is 12.1 Å². The van der Waals surface area contributed by atoms with Crippen molar-refractivity contribution in [2.45, 2.75) is 64.8 Å². The third-order valence-electron chi connectivity index (χ3n) is 2.85. The van der Waals surface area contributed by atoms with Crippen molar-refractivity contribution < 1.29 is 24.2 Å². The molecule has 1 saturated heterocycles. The molecule has 0 aromatic carbocycles. The number of rotatable bonds is 2. The second-order valence-corrected chi connectivity index (χ2v) is 6.49. The molecule has 20 heavy (non-hydrogen) atoms. The van der Waals surface area contributed by atoms with Crippen LogP contribution in [0.3, 0.4) is 0 Å². The van der Waals surface area contributed by atoms with Crippen LogP contribution in [0, 0.1) is 0 Å². The highest BCUT2D eigenvalue weighted by Gasteiger charge is 2.44. The molecule has 0 aromatic rings. The van der Waals surface area contributed by atoms with Gasteiger partial charge in [-0.15, -0.1) is 0 Å². The standard InChI is InChI=1S/C14H25NO5/c1-10(2)19-11(16)14(18)7-6-8-15(9-14)12(17)20-13(3,4)5/h10,18H,6-9H2,1-5H3. The van der Waals surface area contributed by atoms with Crippen molar-refractivity contribution in [1.29, 1.82) is 0 Å². The largest absolute Gasteiger partial charge is 0.461 e. The van der Waals surface area contributed by atoms with Crippen molar-refractivity contribution in [2.24, 2.45) is 0 Å². The Morgan fingerprint density at radius 3 is 2.40 bits per heavy atom. The van der Waals surface area contributed by atoms with Crippen molar-refractivity contribution in [1.82, 2.24) is 4.90 Å². The number of likely N-dealkylation sites (tertiary alicyclic amines) is 1. The molecule has 6 nitrogen and oxygen atoms in total. The summed E-state index contributed by atoms with van der Waals surface area (Å²) >= 11 is 0. The third kappa shape index (κ3) is 4.67. The molecule has 0 saturated carbocycles. The van der Waals surface area contributed by atoms with E-state index in [0.717, 1.165) is 0 Å². The van der Waals surface area contributed by atoms with Gasteiger partial charge in [0.15, 0.2) is 5.60 Å². The van der Waals surface area contributed by atoms with E-state index in [-0.39, 0.29) is 19.1 Å². The average molecular weight is 287 g/mol. The van der Waals surface area contributed by atoms with Gasteiger partial charge in [0.25, 0.3) is 0 Å². The fraction of sp³-hybridized carbons (Fsp3) is 0.857. The van der Waals surface area contributed by atoms with Crippen molar-refractivity contribution in [3.05, 3.63) is 0 Å². The zero-order valence-corrected chi connectivity index (χ0v) is 12.9. The van der Waals surface area contributed by atoms with Gasteiger partial charge in [0.05, 0.1) is 12.6 Å². The average Bonchev–Trinajstić information content (AvgIpc) is 2.25. The highest BCUT2D eigenvalue weighted by molar-refractivity contribution is 5.81. The Hall–Kier alpha value is -1.30. The van der Waals surface area contributed by atoms with Crippen molar-refractivity contribution >= 4 is 12.1 Å². The van der Waals surface area contributed by atoms with E-state index in [1.807, 2.05) is 0 Å². The lowest BCUT2D eigenvalue weighted by Gasteiger charge is -2.38. The molecule has 1 heterocycles. The first-order chi connectivity index (χ1) is 9.03. The smallest absolute Gasteiger partial charge is 0.410 e. The molecule has 1 fully saturated rings. The summed E-state index contributed by atoms with van der Waals surface area (Å²) in [6, 6.07) is 0. The molecule has 0 radical (unpaired) electrons. The predicted molar refractivity (Wildman–Crippen MR) is 73.2 cm³/mol. The minimum atomic E-state index is -1.64. The molecule has 1 atom stereocenters. The third-order valence-corrected chi connectivity index (χ3v) is 2.85. The summed E-state index contributed by atoms with van der Waals surface area (Å²) in [6.45, 7) is 9.13. The van der Waals surface area contributed by atoms with Gasteiger partial charge in [-0.1, -0.05) is 0 Å². The molecule has 1 aliphatic heterocycles. The molecule has 1 amide bonds. The Bertz CT molecular complexity index is 374. The summed E-state index contributed by atoms with van der Waals surface area (Å²) in [6.07, 6.45) is -0.00255. The number of carbonyl (C=O) groups excluding carboxylic acids is 2. The molecule has 0 bridgehead atoms. The van der Waals surface area contributed by atoms with Gasteiger partial charge in [-0.05, 0) is 47.5 Å². The summed E-state index contributed by atoms with van der Waals surface area (Å²) in [5.74, 6) is -0.680. The van der Waals surface area contributed by atoms with Crippen LogP contribution < -0.4 is 0 Å². The van der Waals surface area contributed by atoms with Crippen LogP contribution in [0.15, 0.2) is 0 Å². The van der Waals surface area contributed by atoms with Gasteiger partial charge in [0, 0.05) is 6.54 Å². The lowest BCUT2D eigenvalue weighted by Crippen LogP contribution is -2.56. The van der Waals surface area contributed by atoms with Crippen LogP contribution in [0.5, 0.6) is 0 Å². The van der Waals surface area contributed by atoms with Crippen molar-refractivity contribution in [2.75, 3.05) is 13.1 Å². The van der Waals surface area contributed by atoms with Gasteiger partial charge in [-0.25, -0.2) is 9.59 Å². The zero-order chi connectivity index (χ0) is 15.6. The lowest BCUT2D eigenvalue weighted by molar-refractivity contribution is -0.174. The molecule has 0 aromatic heterocycles. The highest BCUT2D eigenvalue weighted by atomic mass is 16.6. The summed E-state index contributed by atoms with van der Waals surface area (Å²) in [4.78, 5) is 25.3. The molecular formula is C14H25NO5. The molecule has 6 heteroatoms. The van der Waals surface area contributed by atoms with Crippen LogP contribution in [0.2, 0.25) is 0 Å². The Labute approximate surface area is 120 Å². The maximum Gasteiger partial charge on any atom is 0.410 e. The van der Waals surface area contributed by atoms with E-state index in [9.17, 15) is 14.7 Å². The van der Waals surface area contributed by atoms with Crippen LogP contribution in [0.4, 0.5) is 4.79 Å². The fourth-order valence-corrected chi connectivity index (χ4v) is 2.01. The van der Waals surface area contributed by atoms with Crippen LogP contribution in [0.25, 0.3) is 0 Å². The number of carbonyl (C=O) groups is 2. The maximum absolute atomic E-state index is 12.0. The minimum Gasteiger partial charge on any atom is -0.461 e. The van der Waals surface area contributed by atoms with Gasteiger partial charge < -0.3 is 19.5 Å². The number of aliphatic hydroxyl groups is 1. The monoisotopic (exact) mass is 287 g/mol. The van der Waals surface area contributed by atoms with E-state index in [1.54, 1.807) is 34.6 Å². The first-order valence-electron chi connectivity index (χ1n) is 6.95. The predicted octanol–water partition coefficient (Wildman–Crippen LogP) is 1.70. The summed E-state index contributed by atoms with van der Waals surface area (Å²) in [5, 5.41) is 10.4. The lowest BCUT2D eigenvalue weighted by atomic mass is 9.93. The first kappa shape index (κ1) is 16.8. The molecule has 1 unspecified atom stereocenters. The number of amides is 1. The minimum absolute atomic E-state index is 0.0898. The van der Waals surface area contributed by atoms with Gasteiger partial charge in [-0.2, -0.15) is 0 Å². The summed E-state index contributed by atoms with van der Waals surface area (Å²) in [7, 11) is 0. The van der Waals surface area contributed by atoms with E-state index < -0.39 is 23.3 Å². The van der Waals surface area contributed by atoms with E-state index in [1.165, 1.54) is 4.90 Å². The number of piperidine rings is 1. The molecule has 1 rings (SSSR count). The number of esters is 1. The first-order valence-corrected chi connectivity index (χ1v) is 6.95. The number of nitrogens with zero attached hydrogens (tertiary/aromatic N) is 1. The Kier molecular flexibility index (Phi) is 5.02. The molecule has 0 aliphatic carbocycles. The highest BCUT2D eigenvalue weighted by Crippen LogP contribution is 2.24. The topological polar surface area (TPSA) is 76.1 Å².